The zero-order valence-electron chi connectivity index (χ0n) is 23.0. The Kier molecular flexibility index (Phi) is 8.69. The van der Waals surface area contributed by atoms with Gasteiger partial charge in [0.15, 0.2) is 15.5 Å². The lowest BCUT2D eigenvalue weighted by Gasteiger charge is -2.37. The number of carbonyl (C=O) groups excluding carboxylic acids is 1. The number of hydrogen-bond acceptors (Lipinski definition) is 8. The predicted octanol–water partition coefficient (Wildman–Crippen LogP) is 2.47. The zero-order chi connectivity index (χ0) is 27.4. The second-order valence-corrected chi connectivity index (χ2v) is 12.4. The van der Waals surface area contributed by atoms with E-state index in [1.807, 2.05) is 9.30 Å². The Morgan fingerprint density at radius 1 is 1.05 bits per heavy atom. The summed E-state index contributed by atoms with van der Waals surface area (Å²) in [4.78, 5) is 29.0. The average Bonchev–Trinajstić information content (AvgIpc) is 3.25. The number of rotatable bonds is 10. The van der Waals surface area contributed by atoms with Crippen molar-refractivity contribution in [3.05, 3.63) is 42.9 Å². The van der Waals surface area contributed by atoms with Crippen molar-refractivity contribution in [3.8, 4) is 11.3 Å². The molecule has 3 aromatic rings. The molecule has 4 rings (SSSR count). The lowest BCUT2D eigenvalue weighted by Crippen LogP contribution is -2.52. The summed E-state index contributed by atoms with van der Waals surface area (Å²) in [6.45, 7) is 14.3. The monoisotopic (exact) mass is 541 g/mol. The molecule has 1 saturated heterocycles. The summed E-state index contributed by atoms with van der Waals surface area (Å²) in [6.07, 6.45) is 6.29. The van der Waals surface area contributed by atoms with Crippen LogP contribution in [0.4, 0.5) is 5.82 Å². The van der Waals surface area contributed by atoms with E-state index >= 15 is 0 Å². The molecule has 0 saturated carbocycles. The van der Waals surface area contributed by atoms with Crippen molar-refractivity contribution in [3.63, 3.8) is 0 Å². The summed E-state index contributed by atoms with van der Waals surface area (Å²) < 4.78 is 25.6. The topological polar surface area (TPSA) is 103 Å². The highest BCUT2D eigenvalue weighted by Crippen LogP contribution is 2.29. The zero-order valence-corrected chi connectivity index (χ0v) is 23.8. The van der Waals surface area contributed by atoms with Crippen LogP contribution in [0.3, 0.4) is 0 Å². The maximum absolute atomic E-state index is 13.1. The highest BCUT2D eigenvalue weighted by atomic mass is 32.2. The number of fused-ring (bicyclic) bond motifs is 1. The molecule has 10 nitrogen and oxygen atoms in total. The minimum atomic E-state index is -3.30. The first-order chi connectivity index (χ1) is 18.0. The fourth-order valence-corrected chi connectivity index (χ4v) is 5.63. The smallest absolute Gasteiger partial charge is 0.242 e. The van der Waals surface area contributed by atoms with Crippen LogP contribution in [-0.4, -0.2) is 108 Å². The molecular formula is C27H39N7O3S. The summed E-state index contributed by atoms with van der Waals surface area (Å²) in [6, 6.07) is 7.64. The third-order valence-corrected chi connectivity index (χ3v) is 8.25. The quantitative estimate of drug-likeness (QED) is 0.418. The van der Waals surface area contributed by atoms with E-state index in [2.05, 4.69) is 52.8 Å². The van der Waals surface area contributed by atoms with Gasteiger partial charge in [-0.25, -0.2) is 13.4 Å². The summed E-state index contributed by atoms with van der Waals surface area (Å²) in [5.41, 5.74) is 2.02. The molecule has 0 spiro atoms. The Balaban J connectivity index is 1.40. The van der Waals surface area contributed by atoms with Gasteiger partial charge in [-0.05, 0) is 39.8 Å². The van der Waals surface area contributed by atoms with Gasteiger partial charge in [-0.1, -0.05) is 12.1 Å². The summed E-state index contributed by atoms with van der Waals surface area (Å²) in [7, 11) is -3.30. The van der Waals surface area contributed by atoms with E-state index in [1.165, 1.54) is 6.26 Å². The maximum atomic E-state index is 13.1. The Hall–Kier alpha value is -3.02. The van der Waals surface area contributed by atoms with Crippen molar-refractivity contribution in [1.82, 2.24) is 29.1 Å². The van der Waals surface area contributed by atoms with Crippen molar-refractivity contribution in [2.75, 3.05) is 57.4 Å². The van der Waals surface area contributed by atoms with Gasteiger partial charge >= 0.3 is 0 Å². The van der Waals surface area contributed by atoms with Crippen molar-refractivity contribution in [2.45, 2.75) is 44.7 Å². The van der Waals surface area contributed by atoms with Crippen LogP contribution in [0.2, 0.25) is 0 Å². The minimum absolute atomic E-state index is 0.0398. The van der Waals surface area contributed by atoms with Gasteiger partial charge in [0.2, 0.25) is 5.91 Å². The molecule has 0 unspecified atom stereocenters. The molecule has 1 amide bonds. The summed E-state index contributed by atoms with van der Waals surface area (Å²) in [5, 5.41) is 3.30. The number of nitrogens with zero attached hydrogens (tertiary/aromatic N) is 6. The van der Waals surface area contributed by atoms with Gasteiger partial charge in [-0.15, -0.1) is 0 Å². The second kappa shape index (κ2) is 11.8. The number of amides is 1. The predicted molar refractivity (Wildman–Crippen MR) is 150 cm³/mol. The van der Waals surface area contributed by atoms with Crippen molar-refractivity contribution in [2.24, 2.45) is 0 Å². The Bertz CT molecular complexity index is 1340. The van der Waals surface area contributed by atoms with E-state index in [0.717, 1.165) is 31.7 Å². The normalized spacial score (nSPS) is 15.2. The van der Waals surface area contributed by atoms with E-state index in [-0.39, 0.29) is 17.3 Å². The molecule has 0 radical (unpaired) electrons. The van der Waals surface area contributed by atoms with Crippen molar-refractivity contribution >= 4 is 27.2 Å². The fourth-order valence-electron chi connectivity index (χ4n) is 5.00. The highest BCUT2D eigenvalue weighted by Gasteiger charge is 2.23. The number of hydrogen-bond donors (Lipinski definition) is 1. The lowest BCUT2D eigenvalue weighted by atomic mass is 10.1. The van der Waals surface area contributed by atoms with Gasteiger partial charge in [-0.2, -0.15) is 0 Å². The van der Waals surface area contributed by atoms with Crippen LogP contribution in [0.1, 0.15) is 27.7 Å². The molecule has 1 N–H and O–H groups in total. The summed E-state index contributed by atoms with van der Waals surface area (Å²) in [5.74, 6) is 0.710. The third-order valence-electron chi connectivity index (χ3n) is 7.12. The first kappa shape index (κ1) is 28.0. The van der Waals surface area contributed by atoms with Crippen LogP contribution in [0.5, 0.6) is 0 Å². The molecule has 1 aliphatic rings. The van der Waals surface area contributed by atoms with Crippen LogP contribution >= 0.6 is 0 Å². The van der Waals surface area contributed by atoms with Gasteiger partial charge < -0.3 is 10.2 Å². The van der Waals surface area contributed by atoms with Crippen LogP contribution in [0.15, 0.2) is 47.8 Å². The lowest BCUT2D eigenvalue weighted by molar-refractivity contribution is -0.131. The second-order valence-electron chi connectivity index (χ2n) is 10.4. The molecule has 1 fully saturated rings. The van der Waals surface area contributed by atoms with Gasteiger partial charge in [-0.3, -0.25) is 24.0 Å². The van der Waals surface area contributed by atoms with Crippen LogP contribution in [-0.2, 0) is 14.6 Å². The Morgan fingerprint density at radius 2 is 1.71 bits per heavy atom. The molecule has 2 aromatic heterocycles. The number of imidazole rings is 1. The van der Waals surface area contributed by atoms with E-state index in [4.69, 9.17) is 0 Å². The molecule has 0 aliphatic carbocycles. The number of anilines is 1. The molecule has 0 atom stereocenters. The van der Waals surface area contributed by atoms with E-state index < -0.39 is 9.84 Å². The molecular weight excluding hydrogens is 502 g/mol. The maximum Gasteiger partial charge on any atom is 0.242 e. The minimum Gasteiger partial charge on any atom is -0.360 e. The molecule has 206 valence electrons. The van der Waals surface area contributed by atoms with E-state index in [9.17, 15) is 13.2 Å². The first-order valence-electron chi connectivity index (χ1n) is 13.2. The van der Waals surface area contributed by atoms with E-state index in [1.54, 1.807) is 42.9 Å². The number of aromatic nitrogens is 3. The van der Waals surface area contributed by atoms with Crippen molar-refractivity contribution in [1.29, 1.82) is 0 Å². The van der Waals surface area contributed by atoms with Gasteiger partial charge in [0.05, 0.1) is 17.6 Å². The van der Waals surface area contributed by atoms with Crippen LogP contribution in [0, 0.1) is 0 Å². The molecule has 38 heavy (non-hydrogen) atoms. The molecule has 1 aliphatic heterocycles. The fraction of sp³-hybridized carbons (Fsp3) is 0.519. The standard InChI is InChI=1S/C27H39N7O3S/c1-20(2)33(21(3)4)17-14-31-12-15-32(16-13-31)25(35)19-29-27-26(30-24-18-28-10-11-34(24)27)22-6-8-23(9-7-22)38(5,36)37/h6-11,18,20-21,29H,12-17,19H2,1-5H3. The van der Waals surface area contributed by atoms with Gasteiger partial charge in [0, 0.05) is 75.6 Å². The molecule has 11 heteroatoms. The number of sulfone groups is 1. The number of benzene rings is 1. The number of carbonyl (C=O) groups is 1. The average molecular weight is 542 g/mol. The Labute approximate surface area is 225 Å². The summed E-state index contributed by atoms with van der Waals surface area (Å²) >= 11 is 0. The van der Waals surface area contributed by atoms with Crippen LogP contribution < -0.4 is 5.32 Å². The van der Waals surface area contributed by atoms with Gasteiger partial charge in [0.1, 0.15) is 11.5 Å². The number of piperazine rings is 1. The third kappa shape index (κ3) is 6.51. The van der Waals surface area contributed by atoms with E-state index in [0.29, 0.717) is 42.3 Å². The Morgan fingerprint density at radius 3 is 2.32 bits per heavy atom. The largest absolute Gasteiger partial charge is 0.360 e. The van der Waals surface area contributed by atoms with Crippen LogP contribution in [0.25, 0.3) is 16.9 Å². The number of nitrogens with one attached hydrogen (secondary N) is 1. The molecule has 0 bridgehead atoms. The highest BCUT2D eigenvalue weighted by molar-refractivity contribution is 7.90. The van der Waals surface area contributed by atoms with Gasteiger partial charge in [0.25, 0.3) is 0 Å². The SMILES string of the molecule is CC(C)N(CCN1CCN(C(=O)CNc2c(-c3ccc(S(C)(=O)=O)cc3)nc3cnccn23)CC1)C(C)C. The molecule has 3 heterocycles. The first-order valence-corrected chi connectivity index (χ1v) is 15.1. The molecule has 1 aromatic carbocycles. The van der Waals surface area contributed by atoms with Crippen molar-refractivity contribution < 1.29 is 13.2 Å².